The van der Waals surface area contributed by atoms with Crippen molar-refractivity contribution >= 4 is 10.0 Å². The van der Waals surface area contributed by atoms with Crippen LogP contribution in [-0.2, 0) is 10.0 Å². The summed E-state index contributed by atoms with van der Waals surface area (Å²) in [5, 5.41) is 3.02. The normalized spacial score (nSPS) is 17.7. The highest BCUT2D eigenvalue weighted by atomic mass is 32.2. The van der Waals surface area contributed by atoms with Crippen LogP contribution in [0.4, 0.5) is 0 Å². The van der Waals surface area contributed by atoms with E-state index in [1.54, 1.807) is 0 Å². The van der Waals surface area contributed by atoms with Crippen molar-refractivity contribution in [2.45, 2.75) is 45.4 Å². The van der Waals surface area contributed by atoms with Crippen molar-refractivity contribution in [2.75, 3.05) is 25.4 Å². The van der Waals surface area contributed by atoms with Crippen molar-refractivity contribution in [3.63, 3.8) is 0 Å². The molecule has 0 radical (unpaired) electrons. The first kappa shape index (κ1) is 14.9. The maximum Gasteiger partial charge on any atom is 0.212 e. The molecule has 0 aliphatic heterocycles. The fourth-order valence-corrected chi connectivity index (χ4v) is 3.39. The number of hydrogen-bond acceptors (Lipinski definition) is 3. The zero-order valence-electron chi connectivity index (χ0n) is 10.9. The van der Waals surface area contributed by atoms with Crippen LogP contribution in [0.2, 0.25) is 0 Å². The van der Waals surface area contributed by atoms with Crippen LogP contribution in [0.3, 0.4) is 0 Å². The maximum absolute atomic E-state index is 11.6. The molecular weight excluding hydrogens is 236 g/mol. The predicted octanol–water partition coefficient (Wildman–Crippen LogP) is 1.49. The third kappa shape index (κ3) is 7.01. The Kier molecular flexibility index (Phi) is 7.08. The van der Waals surface area contributed by atoms with Gasteiger partial charge in [-0.25, -0.2) is 13.1 Å². The third-order valence-corrected chi connectivity index (χ3v) is 4.77. The molecule has 0 aromatic carbocycles. The largest absolute Gasteiger partial charge is 0.316 e. The molecule has 1 saturated carbocycles. The predicted molar refractivity (Wildman–Crippen MR) is 71.5 cm³/mol. The molecule has 0 atom stereocenters. The average molecular weight is 262 g/mol. The van der Waals surface area contributed by atoms with E-state index >= 15 is 0 Å². The summed E-state index contributed by atoms with van der Waals surface area (Å²) in [5.74, 6) is 1.03. The van der Waals surface area contributed by atoms with Crippen molar-refractivity contribution in [1.82, 2.24) is 10.0 Å². The maximum atomic E-state index is 11.6. The molecule has 0 aromatic rings. The van der Waals surface area contributed by atoms with Crippen molar-refractivity contribution in [3.05, 3.63) is 0 Å². The van der Waals surface area contributed by atoms with Crippen LogP contribution < -0.4 is 10.0 Å². The van der Waals surface area contributed by atoms with Gasteiger partial charge in [-0.05, 0) is 25.3 Å². The molecule has 0 unspecified atom stereocenters. The van der Waals surface area contributed by atoms with Crippen molar-refractivity contribution in [3.8, 4) is 0 Å². The average Bonchev–Trinajstić information content (AvgIpc) is 2.77. The van der Waals surface area contributed by atoms with E-state index in [1.165, 1.54) is 32.1 Å². The fourth-order valence-electron chi connectivity index (χ4n) is 2.37. The van der Waals surface area contributed by atoms with E-state index in [9.17, 15) is 8.42 Å². The Balaban J connectivity index is 2.03. The molecule has 0 bridgehead atoms. The molecule has 1 rings (SSSR count). The van der Waals surface area contributed by atoms with E-state index in [2.05, 4.69) is 10.0 Å². The Morgan fingerprint density at radius 2 is 1.88 bits per heavy atom. The van der Waals surface area contributed by atoms with Gasteiger partial charge in [0.25, 0.3) is 0 Å². The molecule has 0 heterocycles. The second-order valence-corrected chi connectivity index (χ2v) is 6.79. The van der Waals surface area contributed by atoms with Gasteiger partial charge in [0.15, 0.2) is 0 Å². The van der Waals surface area contributed by atoms with E-state index in [1.807, 2.05) is 6.92 Å². The lowest BCUT2D eigenvalue weighted by atomic mass is 10.0. The quantitative estimate of drug-likeness (QED) is 0.619. The summed E-state index contributed by atoms with van der Waals surface area (Å²) in [6.45, 7) is 3.93. The highest BCUT2D eigenvalue weighted by molar-refractivity contribution is 7.89. The Morgan fingerprint density at radius 1 is 1.18 bits per heavy atom. The first-order chi connectivity index (χ1) is 8.14. The Hall–Kier alpha value is -0.130. The number of hydrogen-bond donors (Lipinski definition) is 2. The number of nitrogens with one attached hydrogen (secondary N) is 2. The van der Waals surface area contributed by atoms with Gasteiger partial charge < -0.3 is 5.32 Å². The van der Waals surface area contributed by atoms with E-state index in [-0.39, 0.29) is 5.75 Å². The summed E-state index contributed by atoms with van der Waals surface area (Å²) in [4.78, 5) is 0. The molecule has 1 aliphatic rings. The summed E-state index contributed by atoms with van der Waals surface area (Å²) in [6, 6.07) is 0. The molecule has 0 saturated heterocycles. The first-order valence-corrected chi connectivity index (χ1v) is 8.47. The molecule has 102 valence electrons. The van der Waals surface area contributed by atoms with Gasteiger partial charge in [-0.2, -0.15) is 0 Å². The minimum Gasteiger partial charge on any atom is -0.316 e. The van der Waals surface area contributed by atoms with Gasteiger partial charge in [-0.15, -0.1) is 0 Å². The van der Waals surface area contributed by atoms with Gasteiger partial charge >= 0.3 is 0 Å². The lowest BCUT2D eigenvalue weighted by molar-refractivity contribution is 0.480. The van der Waals surface area contributed by atoms with E-state index in [0.29, 0.717) is 13.1 Å². The molecule has 2 N–H and O–H groups in total. The first-order valence-electron chi connectivity index (χ1n) is 6.82. The van der Waals surface area contributed by atoms with Gasteiger partial charge in [-0.1, -0.05) is 32.6 Å². The summed E-state index contributed by atoms with van der Waals surface area (Å²) >= 11 is 0. The monoisotopic (exact) mass is 262 g/mol. The zero-order chi connectivity index (χ0) is 12.6. The number of sulfonamides is 1. The van der Waals surface area contributed by atoms with Crippen LogP contribution in [0.1, 0.15) is 45.4 Å². The van der Waals surface area contributed by atoms with Crippen molar-refractivity contribution in [2.24, 2.45) is 5.92 Å². The van der Waals surface area contributed by atoms with E-state index in [0.717, 1.165) is 18.9 Å². The smallest absolute Gasteiger partial charge is 0.212 e. The minimum absolute atomic E-state index is 0.185. The summed E-state index contributed by atoms with van der Waals surface area (Å²) in [5.41, 5.74) is 0. The zero-order valence-corrected chi connectivity index (χ0v) is 11.7. The van der Waals surface area contributed by atoms with Gasteiger partial charge in [0, 0.05) is 13.1 Å². The number of rotatable bonds is 9. The Labute approximate surface area is 106 Å². The Morgan fingerprint density at radius 3 is 2.53 bits per heavy atom. The summed E-state index contributed by atoms with van der Waals surface area (Å²) < 4.78 is 25.8. The second kappa shape index (κ2) is 8.06. The summed E-state index contributed by atoms with van der Waals surface area (Å²) in [7, 11) is -3.06. The molecule has 1 fully saturated rings. The highest BCUT2D eigenvalue weighted by Gasteiger charge is 2.15. The molecule has 1 aliphatic carbocycles. The van der Waals surface area contributed by atoms with Crippen LogP contribution in [-0.4, -0.2) is 33.8 Å². The Bertz CT molecular complexity index is 285. The molecule has 0 aromatic heterocycles. The molecule has 0 spiro atoms. The minimum atomic E-state index is -3.06. The van der Waals surface area contributed by atoms with Crippen LogP contribution in [0, 0.1) is 5.92 Å². The fraction of sp³-hybridized carbons (Fsp3) is 1.00. The van der Waals surface area contributed by atoms with Crippen LogP contribution in [0.25, 0.3) is 0 Å². The van der Waals surface area contributed by atoms with Gasteiger partial charge in [-0.3, -0.25) is 0 Å². The van der Waals surface area contributed by atoms with Crippen LogP contribution in [0.15, 0.2) is 0 Å². The van der Waals surface area contributed by atoms with E-state index < -0.39 is 10.0 Å². The topological polar surface area (TPSA) is 58.2 Å². The van der Waals surface area contributed by atoms with Crippen LogP contribution >= 0.6 is 0 Å². The molecule has 4 nitrogen and oxygen atoms in total. The van der Waals surface area contributed by atoms with E-state index in [4.69, 9.17) is 0 Å². The SMILES string of the molecule is CCNCCS(=O)(=O)NCCCC1CCCC1. The lowest BCUT2D eigenvalue weighted by Crippen LogP contribution is -2.32. The molecular formula is C12H26N2O2S. The van der Waals surface area contributed by atoms with Gasteiger partial charge in [0.2, 0.25) is 10.0 Å². The van der Waals surface area contributed by atoms with Crippen molar-refractivity contribution in [1.29, 1.82) is 0 Å². The molecule has 5 heteroatoms. The third-order valence-electron chi connectivity index (χ3n) is 3.38. The highest BCUT2D eigenvalue weighted by Crippen LogP contribution is 2.28. The van der Waals surface area contributed by atoms with Gasteiger partial charge in [0.1, 0.15) is 0 Å². The van der Waals surface area contributed by atoms with Crippen molar-refractivity contribution < 1.29 is 8.42 Å². The molecule has 0 amide bonds. The summed E-state index contributed by atoms with van der Waals surface area (Å²) in [6.07, 6.45) is 7.55. The standard InChI is InChI=1S/C12H26N2O2S/c1-2-13-10-11-17(15,16)14-9-5-8-12-6-3-4-7-12/h12-14H,2-11H2,1H3. The second-order valence-electron chi connectivity index (χ2n) is 4.86. The van der Waals surface area contributed by atoms with Gasteiger partial charge in [0.05, 0.1) is 5.75 Å². The molecule has 17 heavy (non-hydrogen) atoms. The van der Waals surface area contributed by atoms with Crippen LogP contribution in [0.5, 0.6) is 0 Å². The lowest BCUT2D eigenvalue weighted by Gasteiger charge is -2.10.